The monoisotopic (exact) mass is 432 g/mol. The fourth-order valence-corrected chi connectivity index (χ4v) is 3.60. The number of rotatable bonds is 3. The van der Waals surface area contributed by atoms with Crippen molar-refractivity contribution in [1.82, 2.24) is 9.88 Å². The van der Waals surface area contributed by atoms with Crippen LogP contribution in [0, 0.1) is 0 Å². The number of hydrogen-bond donors (Lipinski definition) is 0. The van der Waals surface area contributed by atoms with E-state index in [9.17, 15) is 9.59 Å². The van der Waals surface area contributed by atoms with Crippen LogP contribution in [0.4, 0.5) is 4.79 Å². The van der Waals surface area contributed by atoms with Gasteiger partial charge in [-0.05, 0) is 72.5 Å². The molecule has 3 rings (SSSR count). The summed E-state index contributed by atoms with van der Waals surface area (Å²) < 4.78 is 22.7. The van der Waals surface area contributed by atoms with E-state index in [1.165, 1.54) is 7.11 Å². The minimum absolute atomic E-state index is 0.0294. The molecule has 9 heteroatoms. The number of pyridine rings is 1. The summed E-state index contributed by atoms with van der Waals surface area (Å²) in [6, 6.07) is 3.55. The predicted molar refractivity (Wildman–Crippen MR) is 116 cm³/mol. The van der Waals surface area contributed by atoms with Crippen LogP contribution in [0.2, 0.25) is 0 Å². The van der Waals surface area contributed by atoms with Gasteiger partial charge in [0, 0.05) is 24.7 Å². The highest BCUT2D eigenvalue weighted by atomic mass is 16.7. The number of carbonyl (C=O) groups is 2. The first-order chi connectivity index (χ1) is 14.2. The van der Waals surface area contributed by atoms with Gasteiger partial charge in [0.25, 0.3) is 0 Å². The smallest absolute Gasteiger partial charge is 0.464 e. The van der Waals surface area contributed by atoms with Crippen molar-refractivity contribution in [2.75, 3.05) is 20.2 Å². The third-order valence-corrected chi connectivity index (χ3v) is 6.05. The molecule has 170 valence electrons. The fraction of sp³-hybridized carbons (Fsp3) is 0.682. The van der Waals surface area contributed by atoms with Gasteiger partial charge in [0.15, 0.2) is 0 Å². The van der Waals surface area contributed by atoms with Crippen LogP contribution in [0.25, 0.3) is 0 Å². The molecule has 2 aliphatic heterocycles. The van der Waals surface area contributed by atoms with E-state index in [-0.39, 0.29) is 17.7 Å². The molecule has 0 radical (unpaired) electrons. The molecule has 0 aromatic carbocycles. The number of methoxy groups -OCH3 is 1. The lowest BCUT2D eigenvalue weighted by atomic mass is 9.78. The molecule has 2 aliphatic rings. The van der Waals surface area contributed by atoms with Crippen molar-refractivity contribution < 1.29 is 28.4 Å². The largest absolute Gasteiger partial charge is 0.494 e. The number of aromatic nitrogens is 1. The minimum atomic E-state index is -0.626. The van der Waals surface area contributed by atoms with Gasteiger partial charge >= 0.3 is 19.2 Å². The van der Waals surface area contributed by atoms with Gasteiger partial charge in [0.05, 0.1) is 18.3 Å². The van der Waals surface area contributed by atoms with Crippen LogP contribution in [0.5, 0.6) is 0 Å². The van der Waals surface area contributed by atoms with Crippen LogP contribution in [-0.4, -0.2) is 66.1 Å². The average Bonchev–Trinajstić information content (AvgIpc) is 3.22. The Hall–Kier alpha value is -2.13. The molecule has 31 heavy (non-hydrogen) atoms. The number of hydrogen-bond acceptors (Lipinski definition) is 7. The van der Waals surface area contributed by atoms with Crippen molar-refractivity contribution in [3.8, 4) is 0 Å². The van der Waals surface area contributed by atoms with Gasteiger partial charge in [-0.3, -0.25) is 0 Å². The third-order valence-electron chi connectivity index (χ3n) is 6.05. The number of likely N-dealkylation sites (tertiary alicyclic amines) is 1. The quantitative estimate of drug-likeness (QED) is 0.536. The highest BCUT2D eigenvalue weighted by Crippen LogP contribution is 2.37. The molecular formula is C22H33BN2O6. The summed E-state index contributed by atoms with van der Waals surface area (Å²) in [6.45, 7) is 14.5. The van der Waals surface area contributed by atoms with Gasteiger partial charge in [-0.15, -0.1) is 0 Å². The maximum Gasteiger partial charge on any atom is 0.494 e. The molecule has 1 aromatic rings. The summed E-state index contributed by atoms with van der Waals surface area (Å²) in [5.41, 5.74) is 0.0435. The Bertz CT molecular complexity index is 848. The lowest BCUT2D eigenvalue weighted by molar-refractivity contribution is 0.00578. The first-order valence-corrected chi connectivity index (χ1v) is 10.7. The Morgan fingerprint density at radius 1 is 1.16 bits per heavy atom. The molecule has 0 saturated carbocycles. The molecule has 1 amide bonds. The van der Waals surface area contributed by atoms with Crippen LogP contribution in [0.1, 0.15) is 77.0 Å². The summed E-state index contributed by atoms with van der Waals surface area (Å²) in [4.78, 5) is 30.9. The average molecular weight is 432 g/mol. The topological polar surface area (TPSA) is 87.2 Å². The highest BCUT2D eigenvalue weighted by molar-refractivity contribution is 6.62. The molecule has 0 aliphatic carbocycles. The second-order valence-corrected chi connectivity index (χ2v) is 10.2. The highest BCUT2D eigenvalue weighted by Gasteiger charge is 2.52. The zero-order valence-corrected chi connectivity index (χ0v) is 19.8. The summed E-state index contributed by atoms with van der Waals surface area (Å²) in [5.74, 6) is -0.556. The zero-order valence-electron chi connectivity index (χ0n) is 19.8. The molecule has 1 unspecified atom stereocenters. The van der Waals surface area contributed by atoms with Crippen molar-refractivity contribution in [2.45, 2.75) is 77.6 Å². The molecule has 2 fully saturated rings. The van der Waals surface area contributed by atoms with Crippen LogP contribution in [0.3, 0.4) is 0 Å². The molecule has 8 nitrogen and oxygen atoms in total. The Morgan fingerprint density at radius 2 is 1.77 bits per heavy atom. The van der Waals surface area contributed by atoms with Crippen LogP contribution >= 0.6 is 0 Å². The zero-order chi connectivity index (χ0) is 23.2. The minimum Gasteiger partial charge on any atom is -0.464 e. The molecule has 0 N–H and O–H groups in total. The van der Waals surface area contributed by atoms with Gasteiger partial charge in [0.1, 0.15) is 11.3 Å². The Balaban J connectivity index is 1.87. The van der Waals surface area contributed by atoms with Crippen molar-refractivity contribution >= 4 is 24.6 Å². The Morgan fingerprint density at radius 3 is 2.32 bits per heavy atom. The van der Waals surface area contributed by atoms with Crippen molar-refractivity contribution in [1.29, 1.82) is 0 Å². The predicted octanol–water partition coefficient (Wildman–Crippen LogP) is 2.89. The van der Waals surface area contributed by atoms with E-state index in [4.69, 9.17) is 18.8 Å². The number of ether oxygens (including phenoxy) is 2. The van der Waals surface area contributed by atoms with E-state index in [2.05, 4.69) is 4.98 Å². The van der Waals surface area contributed by atoms with E-state index in [1.54, 1.807) is 11.0 Å². The van der Waals surface area contributed by atoms with Gasteiger partial charge in [0.2, 0.25) is 0 Å². The third kappa shape index (κ3) is 5.04. The summed E-state index contributed by atoms with van der Waals surface area (Å²) in [7, 11) is 0.698. The van der Waals surface area contributed by atoms with E-state index in [1.807, 2.05) is 54.5 Å². The standard InChI is InChI=1S/C22H33BN2O6/c1-20(2,3)29-19(27)25-10-9-14(13-25)16-11-15(12-17(24-16)18(26)28-8)23-30-21(4,5)22(6,7)31-23/h11-12,14H,9-10,13H2,1-8H3. The first kappa shape index (κ1) is 23.5. The van der Waals surface area contributed by atoms with Crippen LogP contribution < -0.4 is 5.46 Å². The maximum atomic E-state index is 12.4. The number of nitrogens with zero attached hydrogens (tertiary/aromatic N) is 2. The summed E-state index contributed by atoms with van der Waals surface area (Å²) >= 11 is 0. The van der Waals surface area contributed by atoms with E-state index in [0.717, 1.165) is 6.42 Å². The lowest BCUT2D eigenvalue weighted by Crippen LogP contribution is -2.41. The van der Waals surface area contributed by atoms with Crippen molar-refractivity contribution in [3.63, 3.8) is 0 Å². The second-order valence-electron chi connectivity index (χ2n) is 10.2. The molecular weight excluding hydrogens is 399 g/mol. The normalized spacial score (nSPS) is 22.5. The number of esters is 1. The van der Waals surface area contributed by atoms with E-state index in [0.29, 0.717) is 24.2 Å². The van der Waals surface area contributed by atoms with Crippen LogP contribution in [-0.2, 0) is 18.8 Å². The first-order valence-electron chi connectivity index (χ1n) is 10.7. The molecule has 1 aromatic heterocycles. The number of amides is 1. The lowest BCUT2D eigenvalue weighted by Gasteiger charge is -2.32. The van der Waals surface area contributed by atoms with Crippen LogP contribution in [0.15, 0.2) is 12.1 Å². The number of carbonyl (C=O) groups excluding carboxylic acids is 2. The Labute approximate surface area is 184 Å². The van der Waals surface area contributed by atoms with Gasteiger partial charge in [-0.1, -0.05) is 0 Å². The van der Waals surface area contributed by atoms with Crippen molar-refractivity contribution in [3.05, 3.63) is 23.5 Å². The molecule has 2 saturated heterocycles. The van der Waals surface area contributed by atoms with Gasteiger partial charge in [-0.2, -0.15) is 0 Å². The molecule has 1 atom stereocenters. The van der Waals surface area contributed by atoms with Gasteiger partial charge < -0.3 is 23.7 Å². The van der Waals surface area contributed by atoms with E-state index >= 15 is 0 Å². The maximum absolute atomic E-state index is 12.4. The van der Waals surface area contributed by atoms with Gasteiger partial charge in [-0.25, -0.2) is 14.6 Å². The fourth-order valence-electron chi connectivity index (χ4n) is 3.60. The summed E-state index contributed by atoms with van der Waals surface area (Å²) in [5, 5.41) is 0. The molecule has 0 spiro atoms. The van der Waals surface area contributed by atoms with Crippen molar-refractivity contribution in [2.24, 2.45) is 0 Å². The Kier molecular flexibility index (Phi) is 6.14. The molecule has 0 bridgehead atoms. The summed E-state index contributed by atoms with van der Waals surface area (Å²) in [6.07, 6.45) is 0.380. The molecule has 3 heterocycles. The SMILES string of the molecule is COC(=O)c1cc(B2OC(C)(C)C(C)(C)O2)cc(C2CCN(C(=O)OC(C)(C)C)C2)n1. The second kappa shape index (κ2) is 8.09. The van der Waals surface area contributed by atoms with E-state index < -0.39 is 29.9 Å².